The Labute approximate surface area is 195 Å². The second-order valence-electron chi connectivity index (χ2n) is 7.45. The van der Waals surface area contributed by atoms with Crippen LogP contribution in [0.25, 0.3) is 10.9 Å². The van der Waals surface area contributed by atoms with Crippen molar-refractivity contribution in [1.29, 1.82) is 0 Å². The summed E-state index contributed by atoms with van der Waals surface area (Å²) in [4.78, 5) is 15.0. The normalized spacial score (nSPS) is 14.0. The van der Waals surface area contributed by atoms with E-state index in [0.717, 1.165) is 44.4 Å². The first-order valence-electron chi connectivity index (χ1n) is 10.6. The summed E-state index contributed by atoms with van der Waals surface area (Å²) in [7, 11) is 0. The van der Waals surface area contributed by atoms with E-state index in [1.54, 1.807) is 0 Å². The van der Waals surface area contributed by atoms with Gasteiger partial charge in [0.25, 0.3) is 0 Å². The minimum absolute atomic E-state index is 0. The number of nitrogens with zero attached hydrogens (tertiary/aromatic N) is 3. The maximum absolute atomic E-state index is 4.77. The summed E-state index contributed by atoms with van der Waals surface area (Å²) in [5.74, 6) is 1.93. The lowest BCUT2D eigenvalue weighted by Gasteiger charge is -2.16. The number of nitrogens with one attached hydrogen (secondary N) is 3. The fourth-order valence-corrected chi connectivity index (χ4v) is 3.84. The molecule has 1 fully saturated rings. The first-order chi connectivity index (χ1) is 14.3. The second kappa shape index (κ2) is 11.2. The van der Waals surface area contributed by atoms with E-state index in [-0.39, 0.29) is 24.0 Å². The minimum Gasteiger partial charge on any atom is -0.361 e. The first kappa shape index (κ1) is 22.4. The first-order valence-corrected chi connectivity index (χ1v) is 10.6. The predicted molar refractivity (Wildman–Crippen MR) is 136 cm³/mol. The molecule has 0 spiro atoms. The van der Waals surface area contributed by atoms with Crippen molar-refractivity contribution in [3.63, 3.8) is 0 Å². The molecule has 30 heavy (non-hydrogen) atoms. The Balaban J connectivity index is 0.00000256. The molecule has 6 nitrogen and oxygen atoms in total. The van der Waals surface area contributed by atoms with Crippen LogP contribution in [0.1, 0.15) is 30.9 Å². The molecule has 0 aliphatic carbocycles. The van der Waals surface area contributed by atoms with Gasteiger partial charge in [0.05, 0.1) is 6.54 Å². The highest BCUT2D eigenvalue weighted by Crippen LogP contribution is 2.19. The summed E-state index contributed by atoms with van der Waals surface area (Å²) < 4.78 is 0. The van der Waals surface area contributed by atoms with E-state index < -0.39 is 0 Å². The number of anilines is 1. The third-order valence-corrected chi connectivity index (χ3v) is 5.37. The summed E-state index contributed by atoms with van der Waals surface area (Å²) in [6.45, 7) is 6.63. The number of hydrogen-bond donors (Lipinski definition) is 3. The molecule has 0 atom stereocenters. The number of fused-ring (bicyclic) bond motifs is 1. The highest BCUT2D eigenvalue weighted by atomic mass is 127. The number of para-hydroxylation sites is 1. The number of aliphatic imine (C=N–C) groups is 1. The lowest BCUT2D eigenvalue weighted by Crippen LogP contribution is -2.38. The number of halogens is 1. The van der Waals surface area contributed by atoms with E-state index in [4.69, 9.17) is 4.99 Å². The topological polar surface area (TPSA) is 68.3 Å². The standard InChI is InChI=1S/C23H30N6.HI/c1-2-24-23(26-12-10-19-17-27-21-8-4-3-7-20(19)21)28-16-18-9-11-25-22(15-18)29-13-5-6-14-29;/h3-4,7-9,11,15,17,27H,2,5-6,10,12-14,16H2,1H3,(H2,24,26,28);1H. The van der Waals surface area contributed by atoms with Gasteiger partial charge in [0.1, 0.15) is 5.82 Å². The number of aromatic amines is 1. The zero-order chi connectivity index (χ0) is 19.9. The average molecular weight is 518 g/mol. The molecule has 3 N–H and O–H groups in total. The van der Waals surface area contributed by atoms with Crippen molar-refractivity contribution in [1.82, 2.24) is 20.6 Å². The lowest BCUT2D eigenvalue weighted by molar-refractivity contribution is 0.801. The number of guanidine groups is 1. The van der Waals surface area contributed by atoms with E-state index in [0.29, 0.717) is 6.54 Å². The SMILES string of the molecule is CCNC(=NCc1ccnc(N2CCCC2)c1)NCCc1c[nH]c2ccccc12.I. The van der Waals surface area contributed by atoms with Crippen molar-refractivity contribution in [2.75, 3.05) is 31.1 Å². The molecule has 0 saturated carbocycles. The highest BCUT2D eigenvalue weighted by Gasteiger charge is 2.13. The van der Waals surface area contributed by atoms with Gasteiger partial charge in [0.15, 0.2) is 5.96 Å². The number of rotatable bonds is 7. The van der Waals surface area contributed by atoms with Gasteiger partial charge in [-0.15, -0.1) is 24.0 Å². The van der Waals surface area contributed by atoms with Gasteiger partial charge >= 0.3 is 0 Å². The summed E-state index contributed by atoms with van der Waals surface area (Å²) in [5, 5.41) is 8.10. The van der Waals surface area contributed by atoms with Crippen molar-refractivity contribution < 1.29 is 0 Å². The van der Waals surface area contributed by atoms with Crippen LogP contribution < -0.4 is 15.5 Å². The predicted octanol–water partition coefficient (Wildman–Crippen LogP) is 4.08. The quantitative estimate of drug-likeness (QED) is 0.251. The molecule has 160 valence electrons. The Morgan fingerprint density at radius 3 is 2.83 bits per heavy atom. The van der Waals surface area contributed by atoms with E-state index in [1.165, 1.54) is 34.9 Å². The Hall–Kier alpha value is -2.29. The van der Waals surface area contributed by atoms with Gasteiger partial charge in [-0.05, 0) is 55.5 Å². The molecule has 1 aliphatic heterocycles. The van der Waals surface area contributed by atoms with Gasteiger partial charge in [-0.2, -0.15) is 0 Å². The van der Waals surface area contributed by atoms with Crippen molar-refractivity contribution >= 4 is 46.7 Å². The highest BCUT2D eigenvalue weighted by molar-refractivity contribution is 14.0. The average Bonchev–Trinajstić information content (AvgIpc) is 3.43. The van der Waals surface area contributed by atoms with Gasteiger partial charge in [-0.25, -0.2) is 9.98 Å². The molecule has 1 saturated heterocycles. The number of H-pyrrole nitrogens is 1. The zero-order valence-electron chi connectivity index (χ0n) is 17.5. The van der Waals surface area contributed by atoms with E-state index in [1.807, 2.05) is 6.20 Å². The van der Waals surface area contributed by atoms with Crippen LogP contribution in [0.3, 0.4) is 0 Å². The minimum atomic E-state index is 0. The van der Waals surface area contributed by atoms with E-state index >= 15 is 0 Å². The Bertz CT molecular complexity index is 961. The molecule has 1 aliphatic rings. The molecule has 0 amide bonds. The van der Waals surface area contributed by atoms with Gasteiger partial charge in [-0.1, -0.05) is 18.2 Å². The molecule has 7 heteroatoms. The molecule has 3 aromatic rings. The molecule has 0 bridgehead atoms. The number of hydrogen-bond acceptors (Lipinski definition) is 3. The van der Waals surface area contributed by atoms with E-state index in [2.05, 4.69) is 75.0 Å². The fourth-order valence-electron chi connectivity index (χ4n) is 3.84. The number of pyridine rings is 1. The van der Waals surface area contributed by atoms with Crippen LogP contribution in [0.4, 0.5) is 5.82 Å². The van der Waals surface area contributed by atoms with Crippen LogP contribution in [0.15, 0.2) is 53.8 Å². The van der Waals surface area contributed by atoms with Crippen LogP contribution in [0.5, 0.6) is 0 Å². The Morgan fingerprint density at radius 1 is 1.17 bits per heavy atom. The van der Waals surface area contributed by atoms with Crippen LogP contribution in [-0.4, -0.2) is 42.1 Å². The number of aromatic nitrogens is 2. The molecule has 1 aromatic carbocycles. The van der Waals surface area contributed by atoms with E-state index in [9.17, 15) is 0 Å². The fraction of sp³-hybridized carbons (Fsp3) is 0.391. The molecular weight excluding hydrogens is 487 g/mol. The third-order valence-electron chi connectivity index (χ3n) is 5.37. The van der Waals surface area contributed by atoms with Crippen LogP contribution in [-0.2, 0) is 13.0 Å². The smallest absolute Gasteiger partial charge is 0.191 e. The maximum atomic E-state index is 4.77. The van der Waals surface area contributed by atoms with Gasteiger partial charge in [0, 0.05) is 49.5 Å². The summed E-state index contributed by atoms with van der Waals surface area (Å²) in [6.07, 6.45) is 7.47. The summed E-state index contributed by atoms with van der Waals surface area (Å²) in [5.41, 5.74) is 3.71. The Kier molecular flexibility index (Phi) is 8.36. The molecule has 4 rings (SSSR count). The molecule has 3 heterocycles. The third kappa shape index (κ3) is 5.65. The van der Waals surface area contributed by atoms with Gasteiger partial charge < -0.3 is 20.5 Å². The zero-order valence-corrected chi connectivity index (χ0v) is 19.9. The molecule has 0 unspecified atom stereocenters. The van der Waals surface area contributed by atoms with Crippen molar-refractivity contribution in [3.8, 4) is 0 Å². The largest absolute Gasteiger partial charge is 0.361 e. The van der Waals surface area contributed by atoms with Crippen molar-refractivity contribution in [2.24, 2.45) is 4.99 Å². The Morgan fingerprint density at radius 2 is 2.00 bits per heavy atom. The van der Waals surface area contributed by atoms with Crippen molar-refractivity contribution in [3.05, 3.63) is 59.9 Å². The second-order valence-corrected chi connectivity index (χ2v) is 7.45. The number of benzene rings is 1. The van der Waals surface area contributed by atoms with Crippen molar-refractivity contribution in [2.45, 2.75) is 32.7 Å². The summed E-state index contributed by atoms with van der Waals surface area (Å²) >= 11 is 0. The van der Waals surface area contributed by atoms with Crippen LogP contribution >= 0.6 is 24.0 Å². The maximum Gasteiger partial charge on any atom is 0.191 e. The molecular formula is C23H31IN6. The van der Waals surface area contributed by atoms with Crippen LogP contribution in [0, 0.1) is 0 Å². The molecule has 2 aromatic heterocycles. The summed E-state index contributed by atoms with van der Waals surface area (Å²) in [6, 6.07) is 12.7. The lowest BCUT2D eigenvalue weighted by atomic mass is 10.1. The molecule has 0 radical (unpaired) electrons. The monoisotopic (exact) mass is 518 g/mol. The van der Waals surface area contributed by atoms with Gasteiger partial charge in [-0.3, -0.25) is 0 Å². The van der Waals surface area contributed by atoms with Gasteiger partial charge in [0.2, 0.25) is 0 Å². The van der Waals surface area contributed by atoms with Crippen LogP contribution in [0.2, 0.25) is 0 Å².